The first-order valence-electron chi connectivity index (χ1n) is 6.03. The Balaban J connectivity index is 2.11. The van der Waals surface area contributed by atoms with Gasteiger partial charge in [-0.25, -0.2) is 0 Å². The van der Waals surface area contributed by atoms with Crippen molar-refractivity contribution in [3.8, 4) is 11.1 Å². The first kappa shape index (κ1) is 12.8. The van der Waals surface area contributed by atoms with Gasteiger partial charge in [0.05, 0.1) is 0 Å². The Kier molecular flexibility index (Phi) is 4.51. The summed E-state index contributed by atoms with van der Waals surface area (Å²) >= 11 is 0. The van der Waals surface area contributed by atoms with Crippen LogP contribution in [0.25, 0.3) is 11.1 Å². The maximum Gasteiger partial charge on any atom is 0.160 e. The zero-order valence-electron chi connectivity index (χ0n) is 10.8. The number of hydrogen-bond donors (Lipinski definition) is 0. The Morgan fingerprint density at radius 1 is 0.778 bits per heavy atom. The summed E-state index contributed by atoms with van der Waals surface area (Å²) in [7, 11) is 3.32. The standard InChI is InChI=1S/C16H18O2/c1-17-16(18-2)12-13-8-10-15(11-9-13)14-6-4-3-5-7-14/h3-11,16H,12H2,1-2H3. The number of benzene rings is 2. The van der Waals surface area contributed by atoms with Crippen molar-refractivity contribution in [1.29, 1.82) is 0 Å². The monoisotopic (exact) mass is 242 g/mol. The van der Waals surface area contributed by atoms with E-state index in [4.69, 9.17) is 9.47 Å². The number of methoxy groups -OCH3 is 2. The first-order valence-corrected chi connectivity index (χ1v) is 6.03. The lowest BCUT2D eigenvalue weighted by Crippen LogP contribution is -2.15. The smallest absolute Gasteiger partial charge is 0.160 e. The molecule has 94 valence electrons. The summed E-state index contributed by atoms with van der Waals surface area (Å²) in [6.07, 6.45) is 0.592. The molecule has 0 aliphatic heterocycles. The van der Waals surface area contributed by atoms with Gasteiger partial charge in [-0.2, -0.15) is 0 Å². The second-order valence-corrected chi connectivity index (χ2v) is 4.17. The van der Waals surface area contributed by atoms with E-state index in [1.54, 1.807) is 14.2 Å². The minimum Gasteiger partial charge on any atom is -0.356 e. The predicted octanol–water partition coefficient (Wildman–Crippen LogP) is 3.52. The van der Waals surface area contributed by atoms with Crippen LogP contribution in [0.4, 0.5) is 0 Å². The Bertz CT molecular complexity index is 458. The van der Waals surface area contributed by atoms with Gasteiger partial charge in [-0.15, -0.1) is 0 Å². The molecule has 0 spiro atoms. The molecule has 0 unspecified atom stereocenters. The molecule has 0 aliphatic carbocycles. The molecule has 2 rings (SSSR count). The lowest BCUT2D eigenvalue weighted by Gasteiger charge is -2.13. The summed E-state index contributed by atoms with van der Waals surface area (Å²) in [6, 6.07) is 18.9. The lowest BCUT2D eigenvalue weighted by atomic mass is 10.0. The fourth-order valence-corrected chi connectivity index (χ4v) is 1.92. The van der Waals surface area contributed by atoms with Gasteiger partial charge in [-0.05, 0) is 16.7 Å². The minimum absolute atomic E-state index is 0.174. The zero-order chi connectivity index (χ0) is 12.8. The van der Waals surface area contributed by atoms with Crippen molar-refractivity contribution in [1.82, 2.24) is 0 Å². The van der Waals surface area contributed by atoms with Crippen molar-refractivity contribution >= 4 is 0 Å². The van der Waals surface area contributed by atoms with Crippen molar-refractivity contribution in [2.45, 2.75) is 12.7 Å². The zero-order valence-corrected chi connectivity index (χ0v) is 10.8. The average Bonchev–Trinajstić information content (AvgIpc) is 2.46. The highest BCUT2D eigenvalue weighted by Crippen LogP contribution is 2.19. The maximum atomic E-state index is 5.20. The fraction of sp³-hybridized carbons (Fsp3) is 0.250. The van der Waals surface area contributed by atoms with Crippen LogP contribution in [0, 0.1) is 0 Å². The Morgan fingerprint density at radius 2 is 1.33 bits per heavy atom. The summed E-state index contributed by atoms with van der Waals surface area (Å²) in [6.45, 7) is 0. The van der Waals surface area contributed by atoms with Crippen molar-refractivity contribution in [3.63, 3.8) is 0 Å². The Hall–Kier alpha value is -1.64. The molecule has 0 atom stereocenters. The molecule has 0 N–H and O–H groups in total. The highest BCUT2D eigenvalue weighted by atomic mass is 16.7. The van der Waals surface area contributed by atoms with Gasteiger partial charge in [-0.3, -0.25) is 0 Å². The molecular formula is C16H18O2. The normalized spacial score (nSPS) is 10.8. The number of hydrogen-bond acceptors (Lipinski definition) is 2. The van der Waals surface area contributed by atoms with Gasteiger partial charge in [0.2, 0.25) is 0 Å². The largest absolute Gasteiger partial charge is 0.356 e. The third kappa shape index (κ3) is 3.19. The van der Waals surface area contributed by atoms with Crippen LogP contribution < -0.4 is 0 Å². The molecule has 18 heavy (non-hydrogen) atoms. The van der Waals surface area contributed by atoms with E-state index in [9.17, 15) is 0 Å². The maximum absolute atomic E-state index is 5.20. The third-order valence-corrected chi connectivity index (χ3v) is 2.99. The molecule has 2 heteroatoms. The topological polar surface area (TPSA) is 18.5 Å². The van der Waals surface area contributed by atoms with E-state index in [1.807, 2.05) is 6.07 Å². The van der Waals surface area contributed by atoms with Gasteiger partial charge in [0.25, 0.3) is 0 Å². The second kappa shape index (κ2) is 6.34. The van der Waals surface area contributed by atoms with Gasteiger partial charge in [0, 0.05) is 20.6 Å². The Morgan fingerprint density at radius 3 is 1.89 bits per heavy atom. The average molecular weight is 242 g/mol. The molecule has 0 saturated carbocycles. The van der Waals surface area contributed by atoms with Crippen LogP contribution in [-0.4, -0.2) is 20.5 Å². The molecule has 0 fully saturated rings. The molecule has 2 aromatic carbocycles. The first-order chi connectivity index (χ1) is 8.83. The van der Waals surface area contributed by atoms with E-state index in [-0.39, 0.29) is 6.29 Å². The van der Waals surface area contributed by atoms with E-state index in [0.717, 1.165) is 6.42 Å². The fourth-order valence-electron chi connectivity index (χ4n) is 1.92. The molecule has 2 nitrogen and oxygen atoms in total. The van der Waals surface area contributed by atoms with Crippen LogP contribution in [0.2, 0.25) is 0 Å². The third-order valence-electron chi connectivity index (χ3n) is 2.99. The summed E-state index contributed by atoms with van der Waals surface area (Å²) in [5.74, 6) is 0. The van der Waals surface area contributed by atoms with Crippen LogP contribution in [0.5, 0.6) is 0 Å². The summed E-state index contributed by atoms with van der Waals surface area (Å²) in [5.41, 5.74) is 3.67. The van der Waals surface area contributed by atoms with Gasteiger partial charge in [-0.1, -0.05) is 54.6 Å². The van der Waals surface area contributed by atoms with Gasteiger partial charge >= 0.3 is 0 Å². The van der Waals surface area contributed by atoms with Crippen LogP contribution >= 0.6 is 0 Å². The SMILES string of the molecule is COC(Cc1ccc(-c2ccccc2)cc1)OC. The lowest BCUT2D eigenvalue weighted by molar-refractivity contribution is -0.100. The van der Waals surface area contributed by atoms with Gasteiger partial charge in [0.15, 0.2) is 6.29 Å². The molecular weight excluding hydrogens is 224 g/mol. The summed E-state index contributed by atoms with van der Waals surface area (Å²) in [5, 5.41) is 0. The van der Waals surface area contributed by atoms with Crippen LogP contribution in [0.3, 0.4) is 0 Å². The van der Waals surface area contributed by atoms with E-state index >= 15 is 0 Å². The van der Waals surface area contributed by atoms with E-state index in [0.29, 0.717) is 0 Å². The van der Waals surface area contributed by atoms with Crippen molar-refractivity contribution in [3.05, 3.63) is 60.2 Å². The summed E-state index contributed by atoms with van der Waals surface area (Å²) < 4.78 is 10.4. The number of rotatable bonds is 5. The molecule has 0 aliphatic rings. The number of ether oxygens (including phenoxy) is 2. The Labute approximate surface area is 108 Å². The van der Waals surface area contributed by atoms with Gasteiger partial charge in [0.1, 0.15) is 0 Å². The molecule has 0 amide bonds. The van der Waals surface area contributed by atoms with E-state index < -0.39 is 0 Å². The molecule has 0 bridgehead atoms. The van der Waals surface area contributed by atoms with Crippen molar-refractivity contribution in [2.24, 2.45) is 0 Å². The minimum atomic E-state index is -0.174. The van der Waals surface area contributed by atoms with E-state index in [1.165, 1.54) is 16.7 Å². The van der Waals surface area contributed by atoms with Crippen molar-refractivity contribution < 1.29 is 9.47 Å². The summed E-state index contributed by atoms with van der Waals surface area (Å²) in [4.78, 5) is 0. The second-order valence-electron chi connectivity index (χ2n) is 4.17. The molecule has 0 radical (unpaired) electrons. The van der Waals surface area contributed by atoms with Gasteiger partial charge < -0.3 is 9.47 Å². The highest BCUT2D eigenvalue weighted by molar-refractivity contribution is 5.63. The van der Waals surface area contributed by atoms with Crippen LogP contribution in [-0.2, 0) is 15.9 Å². The quantitative estimate of drug-likeness (QED) is 0.747. The van der Waals surface area contributed by atoms with Crippen LogP contribution in [0.1, 0.15) is 5.56 Å². The molecule has 0 heterocycles. The molecule has 0 aromatic heterocycles. The van der Waals surface area contributed by atoms with Crippen molar-refractivity contribution in [2.75, 3.05) is 14.2 Å². The highest BCUT2D eigenvalue weighted by Gasteiger charge is 2.06. The molecule has 0 saturated heterocycles. The molecule has 2 aromatic rings. The predicted molar refractivity (Wildman–Crippen MR) is 73.4 cm³/mol. The van der Waals surface area contributed by atoms with E-state index in [2.05, 4.69) is 48.5 Å². The van der Waals surface area contributed by atoms with Crippen LogP contribution in [0.15, 0.2) is 54.6 Å².